The van der Waals surface area contributed by atoms with E-state index in [2.05, 4.69) is 16.2 Å². The molecule has 0 saturated carbocycles. The van der Waals surface area contributed by atoms with Crippen LogP contribution in [0.25, 0.3) is 0 Å². The van der Waals surface area contributed by atoms with E-state index < -0.39 is 5.97 Å². The number of esters is 1. The molecule has 1 heterocycles. The highest BCUT2D eigenvalue weighted by molar-refractivity contribution is 7.07. The molecule has 0 radical (unpaired) electrons. The summed E-state index contributed by atoms with van der Waals surface area (Å²) in [6, 6.07) is 6.96. The number of rotatable bonds is 5. The number of nitrogens with two attached hydrogens (primary N) is 1. The molecular formula is C14H15NO3S. The van der Waals surface area contributed by atoms with Crippen molar-refractivity contribution >= 4 is 23.0 Å². The number of ether oxygens (including phenoxy) is 2. The standard InChI is InChI=1S/C14H15NO3S/c1-17-14(16)11-2-3-13(12(15)8-11)18-6-4-10-5-7-19-9-10/h2-3,5,7-9H,4,6,15H2,1H3. The predicted molar refractivity (Wildman–Crippen MR) is 75.7 cm³/mol. The Bertz CT molecular complexity index is 552. The van der Waals surface area contributed by atoms with E-state index in [0.29, 0.717) is 23.6 Å². The molecule has 5 heteroatoms. The Morgan fingerprint density at radius 2 is 2.21 bits per heavy atom. The lowest BCUT2D eigenvalue weighted by molar-refractivity contribution is 0.0601. The molecule has 0 fully saturated rings. The van der Waals surface area contributed by atoms with Crippen molar-refractivity contribution < 1.29 is 14.3 Å². The Kier molecular flexibility index (Phi) is 4.41. The maximum atomic E-state index is 11.3. The molecule has 0 amide bonds. The summed E-state index contributed by atoms with van der Waals surface area (Å²) in [5.74, 6) is 0.180. The highest BCUT2D eigenvalue weighted by Gasteiger charge is 2.08. The molecule has 0 aliphatic heterocycles. The zero-order valence-corrected chi connectivity index (χ0v) is 11.4. The Morgan fingerprint density at radius 3 is 2.84 bits per heavy atom. The molecule has 2 N–H and O–H groups in total. The summed E-state index contributed by atoms with van der Waals surface area (Å²) < 4.78 is 10.2. The van der Waals surface area contributed by atoms with E-state index in [4.69, 9.17) is 10.5 Å². The zero-order valence-electron chi connectivity index (χ0n) is 10.6. The molecule has 0 spiro atoms. The third-order valence-electron chi connectivity index (χ3n) is 2.66. The first-order valence-corrected chi connectivity index (χ1v) is 6.76. The molecule has 2 aromatic rings. The molecule has 2 rings (SSSR count). The van der Waals surface area contributed by atoms with Crippen LogP contribution in [-0.4, -0.2) is 19.7 Å². The third-order valence-corrected chi connectivity index (χ3v) is 3.39. The number of carbonyl (C=O) groups is 1. The van der Waals surface area contributed by atoms with Gasteiger partial charge in [-0.3, -0.25) is 0 Å². The lowest BCUT2D eigenvalue weighted by Gasteiger charge is -2.09. The second-order valence-electron chi connectivity index (χ2n) is 3.97. The van der Waals surface area contributed by atoms with Crippen LogP contribution < -0.4 is 10.5 Å². The van der Waals surface area contributed by atoms with Crippen LogP contribution in [-0.2, 0) is 11.2 Å². The number of hydrogen-bond donors (Lipinski definition) is 1. The van der Waals surface area contributed by atoms with Crippen LogP contribution in [0.4, 0.5) is 5.69 Å². The average molecular weight is 277 g/mol. The molecule has 100 valence electrons. The molecule has 19 heavy (non-hydrogen) atoms. The number of carbonyl (C=O) groups excluding carboxylic acids is 1. The van der Waals surface area contributed by atoms with Crippen LogP contribution in [0.1, 0.15) is 15.9 Å². The maximum Gasteiger partial charge on any atom is 0.337 e. The minimum atomic E-state index is -0.406. The molecule has 1 aromatic carbocycles. The average Bonchev–Trinajstić information content (AvgIpc) is 2.93. The number of thiophene rings is 1. The fourth-order valence-electron chi connectivity index (χ4n) is 1.64. The fourth-order valence-corrected chi connectivity index (χ4v) is 2.34. The summed E-state index contributed by atoms with van der Waals surface area (Å²) >= 11 is 1.67. The SMILES string of the molecule is COC(=O)c1ccc(OCCc2ccsc2)c(N)c1. The van der Waals surface area contributed by atoms with Gasteiger partial charge in [0.15, 0.2) is 0 Å². The van der Waals surface area contributed by atoms with Crippen LogP contribution in [0.3, 0.4) is 0 Å². The van der Waals surface area contributed by atoms with Gasteiger partial charge in [-0.05, 0) is 40.6 Å². The molecule has 1 aromatic heterocycles. The Balaban J connectivity index is 1.95. The lowest BCUT2D eigenvalue weighted by Crippen LogP contribution is -2.05. The summed E-state index contributed by atoms with van der Waals surface area (Å²) in [6.07, 6.45) is 0.835. The quantitative estimate of drug-likeness (QED) is 0.674. The summed E-state index contributed by atoms with van der Waals surface area (Å²) in [4.78, 5) is 11.3. The van der Waals surface area contributed by atoms with E-state index in [1.165, 1.54) is 12.7 Å². The number of methoxy groups -OCH3 is 1. The van der Waals surface area contributed by atoms with Crippen LogP contribution in [0, 0.1) is 0 Å². The molecule has 0 unspecified atom stereocenters. The van der Waals surface area contributed by atoms with E-state index in [0.717, 1.165) is 6.42 Å². The van der Waals surface area contributed by atoms with Gasteiger partial charge in [-0.1, -0.05) is 0 Å². The Hall–Kier alpha value is -2.01. The maximum absolute atomic E-state index is 11.3. The van der Waals surface area contributed by atoms with Gasteiger partial charge < -0.3 is 15.2 Å². The molecule has 0 aliphatic rings. The minimum Gasteiger partial charge on any atom is -0.491 e. The molecule has 0 saturated heterocycles. The van der Waals surface area contributed by atoms with Crippen molar-refractivity contribution in [3.8, 4) is 5.75 Å². The van der Waals surface area contributed by atoms with Crippen molar-refractivity contribution in [2.24, 2.45) is 0 Å². The molecule has 0 aliphatic carbocycles. The van der Waals surface area contributed by atoms with E-state index in [1.807, 2.05) is 5.38 Å². The molecule has 0 atom stereocenters. The van der Waals surface area contributed by atoms with Gasteiger partial charge in [0.1, 0.15) is 5.75 Å². The van der Waals surface area contributed by atoms with Crippen molar-refractivity contribution in [2.45, 2.75) is 6.42 Å². The van der Waals surface area contributed by atoms with Crippen LogP contribution in [0.2, 0.25) is 0 Å². The number of anilines is 1. The van der Waals surface area contributed by atoms with Gasteiger partial charge in [-0.2, -0.15) is 11.3 Å². The van der Waals surface area contributed by atoms with E-state index in [1.54, 1.807) is 29.5 Å². The third kappa shape index (κ3) is 3.48. The zero-order chi connectivity index (χ0) is 13.7. The summed E-state index contributed by atoms with van der Waals surface area (Å²) in [7, 11) is 1.34. The predicted octanol–water partition coefficient (Wildman–Crippen LogP) is 2.74. The van der Waals surface area contributed by atoms with E-state index in [9.17, 15) is 4.79 Å². The van der Waals surface area contributed by atoms with Crippen molar-refractivity contribution in [1.82, 2.24) is 0 Å². The Labute approximate surface area is 115 Å². The van der Waals surface area contributed by atoms with E-state index in [-0.39, 0.29) is 0 Å². The summed E-state index contributed by atoms with van der Waals surface area (Å²) in [5, 5.41) is 4.13. The second-order valence-corrected chi connectivity index (χ2v) is 4.75. The van der Waals surface area contributed by atoms with Gasteiger partial charge >= 0.3 is 5.97 Å². The molecular weight excluding hydrogens is 262 g/mol. The van der Waals surface area contributed by atoms with Crippen molar-refractivity contribution in [2.75, 3.05) is 19.5 Å². The largest absolute Gasteiger partial charge is 0.491 e. The van der Waals surface area contributed by atoms with Crippen LogP contribution >= 0.6 is 11.3 Å². The lowest BCUT2D eigenvalue weighted by atomic mass is 10.2. The van der Waals surface area contributed by atoms with Gasteiger partial charge in [-0.15, -0.1) is 0 Å². The fraction of sp³-hybridized carbons (Fsp3) is 0.214. The van der Waals surface area contributed by atoms with Gasteiger partial charge in [0.2, 0.25) is 0 Å². The van der Waals surface area contributed by atoms with Gasteiger partial charge in [-0.25, -0.2) is 4.79 Å². The first-order valence-electron chi connectivity index (χ1n) is 5.82. The monoisotopic (exact) mass is 277 g/mol. The van der Waals surface area contributed by atoms with Crippen LogP contribution in [0.15, 0.2) is 35.0 Å². The normalized spacial score (nSPS) is 10.2. The smallest absolute Gasteiger partial charge is 0.337 e. The first kappa shape index (κ1) is 13.4. The number of benzene rings is 1. The van der Waals surface area contributed by atoms with Gasteiger partial charge in [0.25, 0.3) is 0 Å². The number of hydrogen-bond acceptors (Lipinski definition) is 5. The van der Waals surface area contributed by atoms with Gasteiger partial charge in [0.05, 0.1) is 25.0 Å². The second kappa shape index (κ2) is 6.24. The Morgan fingerprint density at radius 1 is 1.37 bits per heavy atom. The molecule has 0 bridgehead atoms. The minimum absolute atomic E-state index is 0.406. The highest BCUT2D eigenvalue weighted by atomic mass is 32.1. The first-order chi connectivity index (χ1) is 9.20. The van der Waals surface area contributed by atoms with Crippen molar-refractivity contribution in [3.63, 3.8) is 0 Å². The topological polar surface area (TPSA) is 61.5 Å². The summed E-state index contributed by atoms with van der Waals surface area (Å²) in [6.45, 7) is 0.554. The van der Waals surface area contributed by atoms with Gasteiger partial charge in [0, 0.05) is 6.42 Å². The number of nitrogen functional groups attached to an aromatic ring is 1. The van der Waals surface area contributed by atoms with E-state index >= 15 is 0 Å². The summed E-state index contributed by atoms with van der Waals surface area (Å²) in [5.41, 5.74) is 7.95. The highest BCUT2D eigenvalue weighted by Crippen LogP contribution is 2.23. The van der Waals surface area contributed by atoms with Crippen molar-refractivity contribution in [1.29, 1.82) is 0 Å². The van der Waals surface area contributed by atoms with Crippen molar-refractivity contribution in [3.05, 3.63) is 46.2 Å². The van der Waals surface area contributed by atoms with Crippen LogP contribution in [0.5, 0.6) is 5.75 Å². The molecule has 4 nitrogen and oxygen atoms in total.